The van der Waals surface area contributed by atoms with E-state index in [0.29, 0.717) is 18.2 Å². The predicted octanol–water partition coefficient (Wildman–Crippen LogP) is 1.85. The Hall–Kier alpha value is -0.340. The van der Waals surface area contributed by atoms with Gasteiger partial charge in [-0.05, 0) is 49.7 Å². The zero-order valence-corrected chi connectivity index (χ0v) is 13.9. The Morgan fingerprint density at radius 1 is 1.55 bits per heavy atom. The summed E-state index contributed by atoms with van der Waals surface area (Å²) in [5.41, 5.74) is 0. The van der Waals surface area contributed by atoms with Crippen LogP contribution in [-0.4, -0.2) is 35.2 Å². The molecule has 20 heavy (non-hydrogen) atoms. The van der Waals surface area contributed by atoms with Gasteiger partial charge in [0.05, 0.1) is 7.11 Å². The van der Waals surface area contributed by atoms with E-state index in [9.17, 15) is 8.42 Å². The molecule has 1 atom stereocenters. The number of hydrogen-bond donors (Lipinski definition) is 2. The van der Waals surface area contributed by atoms with Gasteiger partial charge in [-0.1, -0.05) is 0 Å². The number of rotatable bonds is 6. The lowest BCUT2D eigenvalue weighted by Crippen LogP contribution is -2.33. The zero-order chi connectivity index (χ0) is 13.7. The highest BCUT2D eigenvalue weighted by Gasteiger charge is 2.21. The van der Waals surface area contributed by atoms with E-state index in [2.05, 4.69) is 10.0 Å². The average Bonchev–Trinajstić information content (AvgIpc) is 2.89. The molecule has 0 radical (unpaired) electrons. The summed E-state index contributed by atoms with van der Waals surface area (Å²) in [7, 11) is -1.96. The summed E-state index contributed by atoms with van der Waals surface area (Å²) >= 11 is 1.18. The molecular formula is C12H21ClN2O3S2. The van der Waals surface area contributed by atoms with Gasteiger partial charge in [-0.15, -0.1) is 23.7 Å². The number of halogens is 1. The van der Waals surface area contributed by atoms with E-state index in [1.807, 2.05) is 0 Å². The van der Waals surface area contributed by atoms with Gasteiger partial charge in [0.1, 0.15) is 5.75 Å². The molecule has 1 aromatic rings. The molecule has 0 aromatic carbocycles. The summed E-state index contributed by atoms with van der Waals surface area (Å²) in [5, 5.41) is 5.05. The quantitative estimate of drug-likeness (QED) is 0.829. The van der Waals surface area contributed by atoms with Crippen LogP contribution in [0.5, 0.6) is 5.75 Å². The Balaban J connectivity index is 0.00000200. The maximum atomic E-state index is 12.1. The Morgan fingerprint density at radius 2 is 2.35 bits per heavy atom. The SMILES string of the molecule is COc1ccsc1S(=O)(=O)NCCC1CCCNC1.Cl. The molecule has 2 rings (SSSR count). The summed E-state index contributed by atoms with van der Waals surface area (Å²) in [6.07, 6.45) is 3.23. The van der Waals surface area contributed by atoms with Crippen LogP contribution in [0.15, 0.2) is 15.7 Å². The topological polar surface area (TPSA) is 67.4 Å². The van der Waals surface area contributed by atoms with Gasteiger partial charge in [-0.2, -0.15) is 0 Å². The second-order valence-electron chi connectivity index (χ2n) is 4.68. The molecular weight excluding hydrogens is 320 g/mol. The lowest BCUT2D eigenvalue weighted by atomic mass is 9.96. The number of thiophene rings is 1. The first-order valence-corrected chi connectivity index (χ1v) is 8.81. The van der Waals surface area contributed by atoms with Crippen LogP contribution in [-0.2, 0) is 10.0 Å². The van der Waals surface area contributed by atoms with Gasteiger partial charge >= 0.3 is 0 Å². The molecule has 116 valence electrons. The van der Waals surface area contributed by atoms with Crippen molar-refractivity contribution in [1.82, 2.24) is 10.0 Å². The van der Waals surface area contributed by atoms with E-state index in [-0.39, 0.29) is 16.6 Å². The van der Waals surface area contributed by atoms with Crippen LogP contribution in [0.1, 0.15) is 19.3 Å². The van der Waals surface area contributed by atoms with Crippen molar-refractivity contribution in [3.63, 3.8) is 0 Å². The minimum Gasteiger partial charge on any atom is -0.494 e. The van der Waals surface area contributed by atoms with Gasteiger partial charge in [0.25, 0.3) is 10.0 Å². The average molecular weight is 341 g/mol. The maximum absolute atomic E-state index is 12.1. The molecule has 5 nitrogen and oxygen atoms in total. The highest BCUT2D eigenvalue weighted by molar-refractivity contribution is 7.91. The van der Waals surface area contributed by atoms with Gasteiger partial charge < -0.3 is 10.1 Å². The second-order valence-corrected chi connectivity index (χ2v) is 7.55. The number of sulfonamides is 1. The van der Waals surface area contributed by atoms with Crippen molar-refractivity contribution in [1.29, 1.82) is 0 Å². The van der Waals surface area contributed by atoms with E-state index >= 15 is 0 Å². The summed E-state index contributed by atoms with van der Waals surface area (Å²) in [6, 6.07) is 1.67. The van der Waals surface area contributed by atoms with Gasteiger partial charge in [-0.25, -0.2) is 13.1 Å². The molecule has 1 aliphatic heterocycles. The van der Waals surface area contributed by atoms with Crippen LogP contribution < -0.4 is 14.8 Å². The Kier molecular flexibility index (Phi) is 7.25. The number of piperidine rings is 1. The molecule has 1 fully saturated rings. The fourth-order valence-electron chi connectivity index (χ4n) is 2.26. The van der Waals surface area contributed by atoms with Crippen molar-refractivity contribution in [2.45, 2.75) is 23.5 Å². The molecule has 0 saturated carbocycles. The molecule has 8 heteroatoms. The van der Waals surface area contributed by atoms with Crippen molar-refractivity contribution >= 4 is 33.8 Å². The van der Waals surface area contributed by atoms with Gasteiger partial charge in [0.15, 0.2) is 4.21 Å². The standard InChI is InChI=1S/C12H20N2O3S2.ClH/c1-17-11-5-8-18-12(11)19(15,16)14-7-4-10-3-2-6-13-9-10;/h5,8,10,13-14H,2-4,6-7,9H2,1H3;1H. The first-order valence-electron chi connectivity index (χ1n) is 6.45. The first-order chi connectivity index (χ1) is 9.13. The molecule has 0 bridgehead atoms. The smallest absolute Gasteiger partial charge is 0.253 e. The fraction of sp³-hybridized carbons (Fsp3) is 0.667. The molecule has 0 amide bonds. The zero-order valence-electron chi connectivity index (χ0n) is 11.4. The highest BCUT2D eigenvalue weighted by Crippen LogP contribution is 2.29. The molecule has 0 spiro atoms. The van der Waals surface area contributed by atoms with E-state index in [4.69, 9.17) is 4.74 Å². The van der Waals surface area contributed by atoms with Crippen LogP contribution >= 0.6 is 23.7 Å². The van der Waals surface area contributed by atoms with Crippen LogP contribution in [0.4, 0.5) is 0 Å². The van der Waals surface area contributed by atoms with Crippen molar-refractivity contribution in [2.75, 3.05) is 26.7 Å². The van der Waals surface area contributed by atoms with E-state index in [1.165, 1.54) is 31.3 Å². The molecule has 2 N–H and O–H groups in total. The second kappa shape index (κ2) is 8.19. The third-order valence-electron chi connectivity index (χ3n) is 3.30. The number of hydrogen-bond acceptors (Lipinski definition) is 5. The van der Waals surface area contributed by atoms with Crippen LogP contribution in [0.3, 0.4) is 0 Å². The monoisotopic (exact) mass is 340 g/mol. The molecule has 0 aliphatic carbocycles. The Bertz CT molecular complexity index is 499. The lowest BCUT2D eigenvalue weighted by molar-refractivity contribution is 0.358. The third kappa shape index (κ3) is 4.60. The van der Waals surface area contributed by atoms with Crippen molar-refractivity contribution in [3.05, 3.63) is 11.4 Å². The van der Waals surface area contributed by atoms with E-state index in [1.54, 1.807) is 11.4 Å². The van der Waals surface area contributed by atoms with E-state index in [0.717, 1.165) is 19.5 Å². The maximum Gasteiger partial charge on any atom is 0.253 e. The normalized spacial score (nSPS) is 19.4. The predicted molar refractivity (Wildman–Crippen MR) is 83.5 cm³/mol. The third-order valence-corrected chi connectivity index (χ3v) is 6.21. The molecule has 1 aliphatic rings. The summed E-state index contributed by atoms with van der Waals surface area (Å²) < 4.78 is 32.2. The lowest BCUT2D eigenvalue weighted by Gasteiger charge is -2.22. The minimum absolute atomic E-state index is 0. The summed E-state index contributed by atoms with van der Waals surface area (Å²) in [4.78, 5) is 0. The van der Waals surface area contributed by atoms with Gasteiger partial charge in [-0.3, -0.25) is 0 Å². The fourth-order valence-corrected chi connectivity index (χ4v) is 4.63. The van der Waals surface area contributed by atoms with Crippen LogP contribution in [0.25, 0.3) is 0 Å². The van der Waals surface area contributed by atoms with Crippen molar-refractivity contribution in [3.8, 4) is 5.75 Å². The molecule has 1 unspecified atom stereocenters. The Labute approximate surface area is 130 Å². The highest BCUT2D eigenvalue weighted by atomic mass is 35.5. The van der Waals surface area contributed by atoms with Crippen LogP contribution in [0, 0.1) is 5.92 Å². The number of ether oxygens (including phenoxy) is 1. The summed E-state index contributed by atoms with van der Waals surface area (Å²) in [6.45, 7) is 2.55. The van der Waals surface area contributed by atoms with Crippen molar-refractivity contribution < 1.29 is 13.2 Å². The van der Waals surface area contributed by atoms with Crippen LogP contribution in [0.2, 0.25) is 0 Å². The van der Waals surface area contributed by atoms with Gasteiger partial charge in [0.2, 0.25) is 0 Å². The Morgan fingerprint density at radius 3 is 3.00 bits per heavy atom. The molecule has 2 heterocycles. The van der Waals surface area contributed by atoms with Crippen molar-refractivity contribution in [2.24, 2.45) is 5.92 Å². The number of nitrogens with one attached hydrogen (secondary N) is 2. The molecule has 1 aromatic heterocycles. The minimum atomic E-state index is -3.44. The first kappa shape index (κ1) is 17.7. The number of methoxy groups -OCH3 is 1. The summed E-state index contributed by atoms with van der Waals surface area (Å²) in [5.74, 6) is 0.985. The van der Waals surface area contributed by atoms with E-state index < -0.39 is 10.0 Å². The largest absolute Gasteiger partial charge is 0.494 e. The molecule has 1 saturated heterocycles. The van der Waals surface area contributed by atoms with Gasteiger partial charge in [0, 0.05) is 6.54 Å².